The minimum absolute atomic E-state index is 0.0481. The number of fused-ring (bicyclic) bond motifs is 1. The van der Waals surface area contributed by atoms with Gasteiger partial charge in [0, 0.05) is 32.4 Å². The molecule has 1 aromatic heterocycles. The van der Waals surface area contributed by atoms with Gasteiger partial charge in [-0.1, -0.05) is 18.2 Å². The van der Waals surface area contributed by atoms with Crippen LogP contribution in [0.2, 0.25) is 0 Å². The standard InChI is InChI=1S/C30H42F2N4O4/c1-30(2,22-10-12-23(31)13-11-22)29(39)35-26(28(37)38)15-18-36(19-24(32)20-40-3)17-5-4-8-25-14-9-21-7-6-16-33-27(21)34-25/h9-14,24,26H,4-8,15-20H2,1-3H3,(H,33,34)(H,35,39)(H,37,38). The van der Waals surface area contributed by atoms with Crippen LogP contribution in [0.3, 0.4) is 0 Å². The zero-order chi connectivity index (χ0) is 29.1. The van der Waals surface area contributed by atoms with Gasteiger partial charge in [-0.05, 0) is 88.2 Å². The SMILES string of the molecule is COCC(F)CN(CCCCc1ccc2c(n1)NCCC2)CCC(NC(=O)C(C)(C)c1ccc(F)cc1)C(=O)O. The summed E-state index contributed by atoms with van der Waals surface area (Å²) in [6, 6.07) is 8.60. The van der Waals surface area contributed by atoms with Gasteiger partial charge in [0.2, 0.25) is 5.91 Å². The number of carbonyl (C=O) groups is 2. The zero-order valence-electron chi connectivity index (χ0n) is 23.7. The highest BCUT2D eigenvalue weighted by Gasteiger charge is 2.33. The van der Waals surface area contributed by atoms with Crippen molar-refractivity contribution in [2.75, 3.05) is 45.2 Å². The van der Waals surface area contributed by atoms with Crippen LogP contribution in [-0.4, -0.2) is 79.0 Å². The zero-order valence-corrected chi connectivity index (χ0v) is 23.7. The molecule has 0 saturated carbocycles. The van der Waals surface area contributed by atoms with E-state index in [-0.39, 0.29) is 19.6 Å². The highest BCUT2D eigenvalue weighted by molar-refractivity contribution is 5.90. The monoisotopic (exact) mass is 560 g/mol. The summed E-state index contributed by atoms with van der Waals surface area (Å²) in [6.07, 6.45) is 3.49. The second kappa shape index (κ2) is 15.0. The quantitative estimate of drug-likeness (QED) is 0.265. The maximum atomic E-state index is 14.5. The summed E-state index contributed by atoms with van der Waals surface area (Å²) in [5.74, 6) is -1.09. The summed E-state index contributed by atoms with van der Waals surface area (Å²) >= 11 is 0. The number of carboxylic acid groups (broad SMARTS) is 1. The number of aryl methyl sites for hydroxylation is 2. The Morgan fingerprint density at radius 2 is 1.93 bits per heavy atom. The number of nitrogens with zero attached hydrogens (tertiary/aromatic N) is 2. The van der Waals surface area contributed by atoms with E-state index in [9.17, 15) is 23.5 Å². The van der Waals surface area contributed by atoms with Gasteiger partial charge >= 0.3 is 5.97 Å². The van der Waals surface area contributed by atoms with Crippen LogP contribution in [0.25, 0.3) is 0 Å². The lowest BCUT2D eigenvalue weighted by atomic mass is 9.83. The fraction of sp³-hybridized carbons (Fsp3) is 0.567. The molecule has 220 valence electrons. The number of alkyl halides is 1. The minimum Gasteiger partial charge on any atom is -0.480 e. The van der Waals surface area contributed by atoms with Crippen LogP contribution in [0, 0.1) is 5.82 Å². The molecule has 0 bridgehead atoms. The summed E-state index contributed by atoms with van der Waals surface area (Å²) in [7, 11) is 1.44. The largest absolute Gasteiger partial charge is 0.480 e. The normalized spacial score (nSPS) is 14.8. The summed E-state index contributed by atoms with van der Waals surface area (Å²) in [6.45, 7) is 5.18. The van der Waals surface area contributed by atoms with Gasteiger partial charge in [0.15, 0.2) is 0 Å². The minimum atomic E-state index is -1.21. The van der Waals surface area contributed by atoms with Gasteiger partial charge < -0.3 is 25.4 Å². The molecule has 10 heteroatoms. The van der Waals surface area contributed by atoms with Gasteiger partial charge in [-0.3, -0.25) is 4.79 Å². The molecule has 1 amide bonds. The highest BCUT2D eigenvalue weighted by atomic mass is 19.1. The van der Waals surface area contributed by atoms with E-state index in [1.54, 1.807) is 13.8 Å². The van der Waals surface area contributed by atoms with E-state index in [0.29, 0.717) is 18.7 Å². The molecule has 0 saturated heterocycles. The maximum Gasteiger partial charge on any atom is 0.326 e. The molecule has 0 fully saturated rings. The van der Waals surface area contributed by atoms with Crippen LogP contribution in [0.5, 0.6) is 0 Å². The van der Waals surface area contributed by atoms with Gasteiger partial charge in [-0.15, -0.1) is 0 Å². The Morgan fingerprint density at radius 3 is 2.62 bits per heavy atom. The lowest BCUT2D eigenvalue weighted by molar-refractivity contribution is -0.142. The number of methoxy groups -OCH3 is 1. The number of hydrogen-bond donors (Lipinski definition) is 3. The number of nitrogens with one attached hydrogen (secondary N) is 2. The van der Waals surface area contributed by atoms with Crippen molar-refractivity contribution < 1.29 is 28.2 Å². The van der Waals surface area contributed by atoms with Crippen LogP contribution < -0.4 is 10.6 Å². The van der Waals surface area contributed by atoms with Gasteiger partial charge in [0.1, 0.15) is 23.8 Å². The number of halogens is 2. The summed E-state index contributed by atoms with van der Waals surface area (Å²) in [5, 5.41) is 15.8. The van der Waals surface area contributed by atoms with E-state index in [1.165, 1.54) is 36.9 Å². The van der Waals surface area contributed by atoms with E-state index in [4.69, 9.17) is 9.72 Å². The van der Waals surface area contributed by atoms with Crippen molar-refractivity contribution in [3.63, 3.8) is 0 Å². The molecule has 3 N–H and O–H groups in total. The number of anilines is 1. The van der Waals surface area contributed by atoms with Gasteiger partial charge in [0.05, 0.1) is 12.0 Å². The second-order valence-corrected chi connectivity index (χ2v) is 10.9. The number of rotatable bonds is 16. The van der Waals surface area contributed by atoms with E-state index < -0.39 is 35.3 Å². The van der Waals surface area contributed by atoms with E-state index in [1.807, 2.05) is 4.90 Å². The van der Waals surface area contributed by atoms with E-state index in [0.717, 1.165) is 50.2 Å². The first-order valence-electron chi connectivity index (χ1n) is 14.0. The first kappa shape index (κ1) is 31.4. The number of carboxylic acids is 1. The number of aliphatic carboxylic acids is 1. The smallest absolute Gasteiger partial charge is 0.326 e. The molecular formula is C30H42F2N4O4. The predicted molar refractivity (Wildman–Crippen MR) is 151 cm³/mol. The molecule has 8 nitrogen and oxygen atoms in total. The van der Waals surface area contributed by atoms with Crippen molar-refractivity contribution in [2.24, 2.45) is 0 Å². The van der Waals surface area contributed by atoms with Gasteiger partial charge in [-0.25, -0.2) is 18.6 Å². The number of ether oxygens (including phenoxy) is 1. The lowest BCUT2D eigenvalue weighted by Crippen LogP contribution is -2.49. The topological polar surface area (TPSA) is 104 Å². The molecule has 0 radical (unpaired) electrons. The average molecular weight is 561 g/mol. The Kier molecular flexibility index (Phi) is 11.8. The molecule has 2 atom stereocenters. The molecule has 1 aromatic carbocycles. The predicted octanol–water partition coefficient (Wildman–Crippen LogP) is 4.13. The summed E-state index contributed by atoms with van der Waals surface area (Å²) in [4.78, 5) is 31.7. The first-order chi connectivity index (χ1) is 19.1. The fourth-order valence-corrected chi connectivity index (χ4v) is 4.86. The Hall–Kier alpha value is -3.11. The number of hydrogen-bond acceptors (Lipinski definition) is 6. The lowest BCUT2D eigenvalue weighted by Gasteiger charge is -2.28. The number of benzene rings is 1. The van der Waals surface area contributed by atoms with Gasteiger partial charge in [-0.2, -0.15) is 0 Å². The van der Waals surface area contributed by atoms with E-state index in [2.05, 4.69) is 22.8 Å². The second-order valence-electron chi connectivity index (χ2n) is 10.9. The van der Waals surface area contributed by atoms with Crippen molar-refractivity contribution in [1.82, 2.24) is 15.2 Å². The Labute approximate surface area is 235 Å². The molecule has 1 aliphatic heterocycles. The van der Waals surface area contributed by atoms with Crippen LogP contribution >= 0.6 is 0 Å². The number of unbranched alkanes of at least 4 members (excludes halogenated alkanes) is 1. The molecule has 3 rings (SSSR count). The van der Waals surface area contributed by atoms with Crippen molar-refractivity contribution in [1.29, 1.82) is 0 Å². The third kappa shape index (κ3) is 9.23. The van der Waals surface area contributed by atoms with Gasteiger partial charge in [0.25, 0.3) is 0 Å². The average Bonchev–Trinajstić information content (AvgIpc) is 2.93. The summed E-state index contributed by atoms with van der Waals surface area (Å²) < 4.78 is 32.7. The molecule has 0 aliphatic carbocycles. The first-order valence-corrected chi connectivity index (χ1v) is 14.0. The third-order valence-electron chi connectivity index (χ3n) is 7.38. The van der Waals surface area contributed by atoms with Crippen LogP contribution in [-0.2, 0) is 32.6 Å². The fourth-order valence-electron chi connectivity index (χ4n) is 4.86. The molecule has 1 aliphatic rings. The molecule has 2 heterocycles. The van der Waals surface area contributed by atoms with Crippen LogP contribution in [0.15, 0.2) is 36.4 Å². The highest BCUT2D eigenvalue weighted by Crippen LogP contribution is 2.24. The Balaban J connectivity index is 1.55. The molecule has 0 spiro atoms. The Bertz CT molecular complexity index is 1110. The number of carbonyl (C=O) groups excluding carboxylic acids is 1. The van der Waals surface area contributed by atoms with E-state index >= 15 is 0 Å². The number of pyridine rings is 1. The molecule has 2 aromatic rings. The van der Waals surface area contributed by atoms with Crippen LogP contribution in [0.4, 0.5) is 14.6 Å². The number of amides is 1. The maximum absolute atomic E-state index is 14.5. The van der Waals surface area contributed by atoms with Crippen molar-refractivity contribution >= 4 is 17.7 Å². The molecular weight excluding hydrogens is 518 g/mol. The third-order valence-corrected chi connectivity index (χ3v) is 7.38. The van der Waals surface area contributed by atoms with Crippen LogP contribution in [0.1, 0.15) is 56.4 Å². The summed E-state index contributed by atoms with van der Waals surface area (Å²) in [5.41, 5.74) is 1.76. The van der Waals surface area contributed by atoms with Crippen molar-refractivity contribution in [3.05, 3.63) is 59.0 Å². The number of aromatic nitrogens is 1. The Morgan fingerprint density at radius 1 is 1.18 bits per heavy atom. The van der Waals surface area contributed by atoms with Crippen molar-refractivity contribution in [3.8, 4) is 0 Å². The molecule has 40 heavy (non-hydrogen) atoms. The molecule has 2 unspecified atom stereocenters. The van der Waals surface area contributed by atoms with Crippen molar-refractivity contribution in [2.45, 2.75) is 70.0 Å².